The Morgan fingerprint density at radius 1 is 0.511 bits per heavy atom. The molecule has 6 heteroatoms. The number of ketones is 2. The van der Waals surface area contributed by atoms with E-state index in [0.717, 1.165) is 89.9 Å². The van der Waals surface area contributed by atoms with E-state index in [2.05, 4.69) is 38.2 Å². The van der Waals surface area contributed by atoms with Gasteiger partial charge in [0, 0.05) is 51.6 Å². The number of aliphatic hydroxyl groups excluding tert-OH is 1. The van der Waals surface area contributed by atoms with Gasteiger partial charge in [0.25, 0.3) is 0 Å². The van der Waals surface area contributed by atoms with E-state index in [1.165, 1.54) is 51.4 Å². The van der Waals surface area contributed by atoms with Crippen LogP contribution in [0.5, 0.6) is 0 Å². The Morgan fingerprint density at radius 2 is 0.915 bits per heavy atom. The lowest BCUT2D eigenvalue weighted by atomic mass is 9.96. The minimum absolute atomic E-state index is 0.0384. The zero-order valence-corrected chi connectivity index (χ0v) is 30.9. The maximum absolute atomic E-state index is 12.3. The van der Waals surface area contributed by atoms with Gasteiger partial charge in [-0.3, -0.25) is 20.1 Å². The quantitative estimate of drug-likeness (QED) is 0.0299. The molecule has 0 atom stereocenters. The lowest BCUT2D eigenvalue weighted by molar-refractivity contribution is -0.161. The highest BCUT2D eigenvalue weighted by atomic mass is 16.6. The summed E-state index contributed by atoms with van der Waals surface area (Å²) in [4.78, 5) is 36.7. The van der Waals surface area contributed by atoms with Gasteiger partial charge in [-0.2, -0.15) is 0 Å². The first-order valence-corrected chi connectivity index (χ1v) is 19.8. The van der Waals surface area contributed by atoms with Crippen LogP contribution in [0.15, 0.2) is 24.3 Å². The van der Waals surface area contributed by atoms with Crippen molar-refractivity contribution in [2.24, 2.45) is 5.73 Å². The lowest BCUT2D eigenvalue weighted by Crippen LogP contribution is -2.44. The molecule has 0 aromatic carbocycles. The van der Waals surface area contributed by atoms with Gasteiger partial charge in [0.1, 0.15) is 11.6 Å². The number of nitrogens with two attached hydrogens (primary N) is 1. The smallest absolute Gasteiger partial charge is 0.307 e. The Bertz CT molecular complexity index is 754. The van der Waals surface area contributed by atoms with Crippen LogP contribution in [0.3, 0.4) is 0 Å². The molecule has 0 amide bonds. The van der Waals surface area contributed by atoms with Crippen LogP contribution in [-0.2, 0) is 19.1 Å². The molecule has 6 nitrogen and oxygen atoms in total. The topological polar surface area (TPSA) is 107 Å². The Hall–Kier alpha value is -1.79. The summed E-state index contributed by atoms with van der Waals surface area (Å²) >= 11 is 0. The van der Waals surface area contributed by atoms with E-state index in [4.69, 9.17) is 15.6 Å². The fourth-order valence-corrected chi connectivity index (χ4v) is 5.87. The zero-order valence-electron chi connectivity index (χ0n) is 30.9. The number of esters is 1. The van der Waals surface area contributed by atoms with Gasteiger partial charge in [-0.1, -0.05) is 115 Å². The van der Waals surface area contributed by atoms with Crippen LogP contribution >= 0.6 is 0 Å². The van der Waals surface area contributed by atoms with Crippen molar-refractivity contribution in [2.75, 3.05) is 6.61 Å². The summed E-state index contributed by atoms with van der Waals surface area (Å²) in [6.07, 6.45) is 37.3. The second kappa shape index (κ2) is 34.1. The number of aliphatic hydroxyl groups is 1. The van der Waals surface area contributed by atoms with Gasteiger partial charge >= 0.3 is 5.97 Å². The molecule has 47 heavy (non-hydrogen) atoms. The highest BCUT2D eigenvalue weighted by molar-refractivity contribution is 5.78. The summed E-state index contributed by atoms with van der Waals surface area (Å²) in [5.74, 6) is 0.384. The Labute approximate surface area is 290 Å². The molecule has 274 valence electrons. The average Bonchev–Trinajstić information content (AvgIpc) is 3.05. The van der Waals surface area contributed by atoms with Gasteiger partial charge in [0.05, 0.1) is 0 Å². The Morgan fingerprint density at radius 3 is 1.36 bits per heavy atom. The standard InChI is InChI=1S/C41H75NO5/c1-3-5-7-9-11-13-17-23-30-38(44)32-25-19-15-21-27-35-41(42,47-40(46)34-29-37-43)36-28-22-16-20-26-33-39(45)31-24-18-14-12-10-8-6-4-2/h13-14,17-18,43H,3-12,15-16,19-37,42H2,1-2H3/b17-13+,18-14+. The fraction of sp³-hybridized carbons (Fsp3) is 0.829. The summed E-state index contributed by atoms with van der Waals surface area (Å²) in [5, 5.41) is 9.08. The van der Waals surface area contributed by atoms with E-state index in [1.54, 1.807) is 0 Å². The van der Waals surface area contributed by atoms with Crippen LogP contribution in [0.2, 0.25) is 0 Å². The van der Waals surface area contributed by atoms with E-state index in [0.29, 0.717) is 56.5 Å². The van der Waals surface area contributed by atoms with Gasteiger partial charge in [-0.25, -0.2) is 0 Å². The van der Waals surface area contributed by atoms with Crippen LogP contribution in [0.4, 0.5) is 0 Å². The van der Waals surface area contributed by atoms with Crippen molar-refractivity contribution in [3.05, 3.63) is 24.3 Å². The number of carbonyl (C=O) groups excluding carboxylic acids is 3. The largest absolute Gasteiger partial charge is 0.444 e. The number of allylic oxidation sites excluding steroid dienone is 4. The van der Waals surface area contributed by atoms with Crippen molar-refractivity contribution in [1.29, 1.82) is 0 Å². The predicted octanol–water partition coefficient (Wildman–Crippen LogP) is 11.2. The van der Waals surface area contributed by atoms with Crippen molar-refractivity contribution in [1.82, 2.24) is 0 Å². The van der Waals surface area contributed by atoms with E-state index >= 15 is 0 Å². The highest BCUT2D eigenvalue weighted by Gasteiger charge is 2.28. The molecule has 0 saturated carbocycles. The molecule has 3 N–H and O–H groups in total. The molecule has 0 aliphatic carbocycles. The van der Waals surface area contributed by atoms with Gasteiger partial charge in [0.2, 0.25) is 0 Å². The number of Topliss-reactive ketones (excluding diaryl/α,β-unsaturated/α-hetero) is 2. The molecule has 0 bridgehead atoms. The normalized spacial score (nSPS) is 12.0. The molecule has 0 fully saturated rings. The molecule has 0 aromatic heterocycles. The number of hydrogen-bond donors (Lipinski definition) is 2. The Balaban J connectivity index is 4.13. The van der Waals surface area contributed by atoms with Crippen molar-refractivity contribution < 1.29 is 24.2 Å². The third-order valence-electron chi connectivity index (χ3n) is 8.93. The first kappa shape index (κ1) is 45.2. The van der Waals surface area contributed by atoms with Crippen LogP contribution in [0.25, 0.3) is 0 Å². The fourth-order valence-electron chi connectivity index (χ4n) is 5.87. The maximum atomic E-state index is 12.3. The molecular weight excluding hydrogens is 586 g/mol. The third-order valence-corrected chi connectivity index (χ3v) is 8.93. The third kappa shape index (κ3) is 32.5. The molecule has 0 spiro atoms. The summed E-state index contributed by atoms with van der Waals surface area (Å²) in [6, 6.07) is 0. The van der Waals surface area contributed by atoms with Gasteiger partial charge in [0.15, 0.2) is 5.72 Å². The van der Waals surface area contributed by atoms with E-state index < -0.39 is 5.72 Å². The molecule has 0 radical (unpaired) electrons. The summed E-state index contributed by atoms with van der Waals surface area (Å²) < 4.78 is 5.74. The van der Waals surface area contributed by atoms with E-state index in [9.17, 15) is 14.4 Å². The second-order valence-electron chi connectivity index (χ2n) is 13.7. The molecule has 0 aromatic rings. The number of unbranched alkanes of at least 4 members (excludes halogenated alkanes) is 16. The van der Waals surface area contributed by atoms with Crippen LogP contribution in [0.1, 0.15) is 206 Å². The second-order valence-corrected chi connectivity index (χ2v) is 13.7. The first-order valence-electron chi connectivity index (χ1n) is 19.8. The summed E-state index contributed by atoms with van der Waals surface area (Å²) in [5.41, 5.74) is 5.66. The first-order chi connectivity index (χ1) is 22.9. The SMILES string of the molecule is CCCCCC/C=C/CCC(=O)CCCCCCCC(N)(CCCCCCCC(=O)CC/C=C/CCCCCC)OC(=O)CCCO. The molecule has 0 saturated heterocycles. The van der Waals surface area contributed by atoms with Gasteiger partial charge < -0.3 is 9.84 Å². The van der Waals surface area contributed by atoms with Crippen LogP contribution in [-0.4, -0.2) is 35.0 Å². The molecule has 0 heterocycles. The molecule has 0 aliphatic rings. The van der Waals surface area contributed by atoms with Crippen LogP contribution < -0.4 is 5.73 Å². The molecule has 0 rings (SSSR count). The highest BCUT2D eigenvalue weighted by Crippen LogP contribution is 2.24. The van der Waals surface area contributed by atoms with Gasteiger partial charge in [-0.05, 0) is 70.6 Å². The predicted molar refractivity (Wildman–Crippen MR) is 198 cm³/mol. The van der Waals surface area contributed by atoms with Crippen molar-refractivity contribution in [3.8, 4) is 0 Å². The van der Waals surface area contributed by atoms with Gasteiger partial charge in [-0.15, -0.1) is 0 Å². The van der Waals surface area contributed by atoms with E-state index in [-0.39, 0.29) is 19.0 Å². The maximum Gasteiger partial charge on any atom is 0.307 e. The minimum Gasteiger partial charge on any atom is -0.444 e. The van der Waals surface area contributed by atoms with Crippen molar-refractivity contribution >= 4 is 17.5 Å². The number of ether oxygens (including phenoxy) is 1. The lowest BCUT2D eigenvalue weighted by Gasteiger charge is -2.30. The van der Waals surface area contributed by atoms with Crippen molar-refractivity contribution in [3.63, 3.8) is 0 Å². The van der Waals surface area contributed by atoms with Crippen LogP contribution in [0, 0.1) is 0 Å². The summed E-state index contributed by atoms with van der Waals surface area (Å²) in [7, 11) is 0. The summed E-state index contributed by atoms with van der Waals surface area (Å²) in [6.45, 7) is 4.41. The molecule has 0 unspecified atom stereocenters. The molecule has 0 aliphatic heterocycles. The van der Waals surface area contributed by atoms with E-state index in [1.807, 2.05) is 0 Å². The zero-order chi connectivity index (χ0) is 34.7. The number of carbonyl (C=O) groups is 3. The minimum atomic E-state index is -0.967. The molecular formula is C41H75NO5. The Kier molecular flexibility index (Phi) is 32.8. The number of hydrogen-bond acceptors (Lipinski definition) is 6. The number of rotatable bonds is 36. The average molecular weight is 662 g/mol. The monoisotopic (exact) mass is 662 g/mol. The van der Waals surface area contributed by atoms with Crippen molar-refractivity contribution in [2.45, 2.75) is 212 Å².